The minimum Gasteiger partial charge on any atom is -0.318 e. The van der Waals surface area contributed by atoms with Gasteiger partial charge < -0.3 is 5.32 Å². The van der Waals surface area contributed by atoms with Crippen molar-refractivity contribution >= 4 is 11.6 Å². The lowest BCUT2D eigenvalue weighted by molar-refractivity contribution is 0.102. The van der Waals surface area contributed by atoms with Gasteiger partial charge in [-0.15, -0.1) is 0 Å². The highest BCUT2D eigenvalue weighted by Crippen LogP contribution is 2.20. The summed E-state index contributed by atoms with van der Waals surface area (Å²) in [5.41, 5.74) is -0.461. The third-order valence-corrected chi connectivity index (χ3v) is 2.29. The smallest absolute Gasteiger partial charge is 0.274 e. The van der Waals surface area contributed by atoms with Crippen LogP contribution in [0.3, 0.4) is 0 Å². The molecule has 2 aromatic rings. The van der Waals surface area contributed by atoms with E-state index < -0.39 is 29.0 Å². The van der Waals surface area contributed by atoms with Crippen LogP contribution in [0.1, 0.15) is 16.3 Å². The fourth-order valence-electron chi connectivity index (χ4n) is 1.39. The molecule has 2 rings (SSSR count). The molecule has 98 valence electrons. The highest BCUT2D eigenvalue weighted by Gasteiger charge is 2.16. The number of halogens is 3. The average molecular weight is 267 g/mol. The van der Waals surface area contributed by atoms with Crippen LogP contribution < -0.4 is 5.32 Å². The van der Waals surface area contributed by atoms with Crippen molar-refractivity contribution in [2.45, 2.75) is 6.92 Å². The van der Waals surface area contributed by atoms with E-state index in [0.717, 1.165) is 12.1 Å². The van der Waals surface area contributed by atoms with E-state index in [1.165, 1.54) is 12.3 Å². The van der Waals surface area contributed by atoms with E-state index in [1.807, 2.05) is 0 Å². The minimum atomic E-state index is -1.64. The van der Waals surface area contributed by atoms with E-state index in [2.05, 4.69) is 15.3 Å². The first-order valence-corrected chi connectivity index (χ1v) is 5.23. The minimum absolute atomic E-state index is 0.00312. The summed E-state index contributed by atoms with van der Waals surface area (Å²) >= 11 is 0. The molecule has 0 aliphatic carbocycles. The Kier molecular flexibility index (Phi) is 3.46. The number of amides is 1. The number of anilines is 1. The quantitative estimate of drug-likeness (QED) is 0.850. The van der Waals surface area contributed by atoms with Crippen LogP contribution in [0.15, 0.2) is 24.4 Å². The molecular weight excluding hydrogens is 259 g/mol. The number of hydrogen-bond donors (Lipinski definition) is 1. The highest BCUT2D eigenvalue weighted by molar-refractivity contribution is 6.02. The summed E-state index contributed by atoms with van der Waals surface area (Å²) in [7, 11) is 0. The molecule has 1 aromatic carbocycles. The van der Waals surface area contributed by atoms with Crippen molar-refractivity contribution in [3.05, 3.63) is 53.4 Å². The SMILES string of the molecule is Cc1nccc(C(=O)Nc2ccc(F)c(F)c2F)n1. The van der Waals surface area contributed by atoms with Gasteiger partial charge in [-0.25, -0.2) is 23.1 Å². The second-order valence-corrected chi connectivity index (χ2v) is 3.67. The summed E-state index contributed by atoms with van der Waals surface area (Å²) in [6, 6.07) is 2.97. The third-order valence-electron chi connectivity index (χ3n) is 2.29. The van der Waals surface area contributed by atoms with Crippen molar-refractivity contribution in [1.82, 2.24) is 9.97 Å². The van der Waals surface area contributed by atoms with E-state index in [-0.39, 0.29) is 5.69 Å². The first-order valence-electron chi connectivity index (χ1n) is 5.23. The topological polar surface area (TPSA) is 54.9 Å². The number of hydrogen-bond acceptors (Lipinski definition) is 3. The zero-order valence-corrected chi connectivity index (χ0v) is 9.75. The molecular formula is C12H8F3N3O. The van der Waals surface area contributed by atoms with E-state index >= 15 is 0 Å². The predicted molar refractivity (Wildman–Crippen MR) is 61.0 cm³/mol. The van der Waals surface area contributed by atoms with E-state index in [4.69, 9.17) is 0 Å². The maximum atomic E-state index is 13.4. The van der Waals surface area contributed by atoms with Crippen LogP contribution in [0, 0.1) is 24.4 Å². The maximum Gasteiger partial charge on any atom is 0.274 e. The zero-order chi connectivity index (χ0) is 14.0. The van der Waals surface area contributed by atoms with Crippen LogP contribution >= 0.6 is 0 Å². The van der Waals surface area contributed by atoms with Gasteiger partial charge in [0.2, 0.25) is 0 Å². The van der Waals surface area contributed by atoms with Gasteiger partial charge in [0.1, 0.15) is 11.5 Å². The van der Waals surface area contributed by atoms with Gasteiger partial charge in [-0.05, 0) is 25.1 Å². The lowest BCUT2D eigenvalue weighted by atomic mass is 10.2. The summed E-state index contributed by atoms with van der Waals surface area (Å²) in [6.07, 6.45) is 1.36. The van der Waals surface area contributed by atoms with Gasteiger partial charge in [0.15, 0.2) is 17.5 Å². The summed E-state index contributed by atoms with van der Waals surface area (Å²) in [4.78, 5) is 19.4. The molecule has 1 heterocycles. The molecule has 0 fully saturated rings. The van der Waals surface area contributed by atoms with Crippen LogP contribution in [-0.2, 0) is 0 Å². The molecule has 4 nitrogen and oxygen atoms in total. The highest BCUT2D eigenvalue weighted by atomic mass is 19.2. The van der Waals surface area contributed by atoms with Gasteiger partial charge in [0, 0.05) is 6.20 Å². The van der Waals surface area contributed by atoms with Crippen LogP contribution in [0.5, 0.6) is 0 Å². The van der Waals surface area contributed by atoms with Crippen LogP contribution in [-0.4, -0.2) is 15.9 Å². The summed E-state index contributed by atoms with van der Waals surface area (Å²) in [6.45, 7) is 1.58. The number of rotatable bonds is 2. The summed E-state index contributed by atoms with van der Waals surface area (Å²) in [5.74, 6) is -4.81. The monoisotopic (exact) mass is 267 g/mol. The molecule has 19 heavy (non-hydrogen) atoms. The average Bonchev–Trinajstić information content (AvgIpc) is 2.39. The molecule has 0 radical (unpaired) electrons. The number of aryl methyl sites for hydroxylation is 1. The Balaban J connectivity index is 2.27. The van der Waals surface area contributed by atoms with Gasteiger partial charge >= 0.3 is 0 Å². The molecule has 0 bridgehead atoms. The van der Waals surface area contributed by atoms with Gasteiger partial charge in [0.25, 0.3) is 5.91 Å². The standard InChI is InChI=1S/C12H8F3N3O/c1-6-16-5-4-9(17-6)12(19)18-8-3-2-7(13)10(14)11(8)15/h2-5H,1H3,(H,18,19). The fourth-order valence-corrected chi connectivity index (χ4v) is 1.39. The van der Waals surface area contributed by atoms with Crippen molar-refractivity contribution in [2.24, 2.45) is 0 Å². The molecule has 0 aliphatic rings. The maximum absolute atomic E-state index is 13.4. The molecule has 1 aromatic heterocycles. The second-order valence-electron chi connectivity index (χ2n) is 3.67. The Labute approximate surface area is 106 Å². The third kappa shape index (κ3) is 2.70. The Bertz CT molecular complexity index is 646. The number of carbonyl (C=O) groups excluding carboxylic acids is 1. The molecule has 1 amide bonds. The number of benzene rings is 1. The van der Waals surface area contributed by atoms with Gasteiger partial charge in [0.05, 0.1) is 5.69 Å². The fraction of sp³-hybridized carbons (Fsp3) is 0.0833. The van der Waals surface area contributed by atoms with Crippen LogP contribution in [0.4, 0.5) is 18.9 Å². The molecule has 0 aliphatic heterocycles. The predicted octanol–water partition coefficient (Wildman–Crippen LogP) is 2.45. The number of nitrogens with one attached hydrogen (secondary N) is 1. The number of carbonyl (C=O) groups is 1. The second kappa shape index (κ2) is 5.05. The van der Waals surface area contributed by atoms with Gasteiger partial charge in [-0.2, -0.15) is 0 Å². The zero-order valence-electron chi connectivity index (χ0n) is 9.75. The van der Waals surface area contributed by atoms with Crippen molar-refractivity contribution in [2.75, 3.05) is 5.32 Å². The van der Waals surface area contributed by atoms with Crippen molar-refractivity contribution in [1.29, 1.82) is 0 Å². The van der Waals surface area contributed by atoms with Gasteiger partial charge in [-0.3, -0.25) is 4.79 Å². The summed E-state index contributed by atoms with van der Waals surface area (Å²) in [5, 5.41) is 2.11. The molecule has 0 saturated carbocycles. The lowest BCUT2D eigenvalue weighted by Crippen LogP contribution is -2.16. The molecule has 0 unspecified atom stereocenters. The Morgan fingerprint density at radius 3 is 2.58 bits per heavy atom. The Hall–Kier alpha value is -2.44. The molecule has 1 N–H and O–H groups in total. The van der Waals surface area contributed by atoms with Crippen LogP contribution in [0.2, 0.25) is 0 Å². The Morgan fingerprint density at radius 2 is 1.89 bits per heavy atom. The van der Waals surface area contributed by atoms with Crippen molar-refractivity contribution in [3.63, 3.8) is 0 Å². The first kappa shape index (κ1) is 13.0. The molecule has 0 saturated heterocycles. The largest absolute Gasteiger partial charge is 0.318 e. The van der Waals surface area contributed by atoms with E-state index in [1.54, 1.807) is 6.92 Å². The normalized spacial score (nSPS) is 10.3. The number of aromatic nitrogens is 2. The van der Waals surface area contributed by atoms with Crippen LogP contribution in [0.25, 0.3) is 0 Å². The lowest BCUT2D eigenvalue weighted by Gasteiger charge is -2.07. The number of nitrogens with zero attached hydrogens (tertiary/aromatic N) is 2. The Morgan fingerprint density at radius 1 is 1.16 bits per heavy atom. The first-order chi connectivity index (χ1) is 8.99. The van der Waals surface area contributed by atoms with Crippen molar-refractivity contribution in [3.8, 4) is 0 Å². The van der Waals surface area contributed by atoms with E-state index in [9.17, 15) is 18.0 Å². The van der Waals surface area contributed by atoms with Crippen molar-refractivity contribution < 1.29 is 18.0 Å². The summed E-state index contributed by atoms with van der Waals surface area (Å²) < 4.78 is 39.1. The molecule has 0 spiro atoms. The molecule has 7 heteroatoms. The van der Waals surface area contributed by atoms with E-state index in [0.29, 0.717) is 5.82 Å². The molecule has 0 atom stereocenters. The van der Waals surface area contributed by atoms with Gasteiger partial charge in [-0.1, -0.05) is 0 Å².